The van der Waals surface area contributed by atoms with Gasteiger partial charge in [-0.2, -0.15) is 11.8 Å². The van der Waals surface area contributed by atoms with Crippen LogP contribution in [-0.2, 0) is 0 Å². The molecule has 2 heterocycles. The van der Waals surface area contributed by atoms with E-state index in [2.05, 4.69) is 29.1 Å². The molecule has 2 rings (SSSR count). The summed E-state index contributed by atoms with van der Waals surface area (Å²) in [4.78, 5) is 8.72. The van der Waals surface area contributed by atoms with Gasteiger partial charge in [-0.25, -0.2) is 9.97 Å². The number of hydrogen-bond donors (Lipinski definition) is 2. The lowest BCUT2D eigenvalue weighted by Crippen LogP contribution is -2.15. The molecule has 5 heteroatoms. The van der Waals surface area contributed by atoms with Crippen LogP contribution in [0.2, 0.25) is 0 Å². The van der Waals surface area contributed by atoms with E-state index in [0.717, 1.165) is 18.2 Å². The monoisotopic (exact) mass is 252 g/mol. The molecule has 0 amide bonds. The molecule has 1 aliphatic rings. The van der Waals surface area contributed by atoms with Crippen molar-refractivity contribution >= 4 is 23.4 Å². The Labute approximate surface area is 107 Å². The molecule has 17 heavy (non-hydrogen) atoms. The molecule has 1 aromatic heterocycles. The Morgan fingerprint density at radius 3 is 3.00 bits per heavy atom. The van der Waals surface area contributed by atoms with Crippen molar-refractivity contribution in [1.82, 2.24) is 9.97 Å². The highest BCUT2D eigenvalue weighted by Crippen LogP contribution is 2.26. The Morgan fingerprint density at radius 2 is 2.35 bits per heavy atom. The predicted octanol–water partition coefficient (Wildman–Crippen LogP) is 2.49. The number of nitrogen functional groups attached to an aromatic ring is 1. The van der Waals surface area contributed by atoms with E-state index >= 15 is 0 Å². The second kappa shape index (κ2) is 5.58. The summed E-state index contributed by atoms with van der Waals surface area (Å²) < 4.78 is 0. The van der Waals surface area contributed by atoms with E-state index in [1.165, 1.54) is 18.6 Å². The maximum Gasteiger partial charge on any atom is 0.135 e. The molecule has 0 bridgehead atoms. The molecule has 1 unspecified atom stereocenters. The molecule has 1 saturated heterocycles. The van der Waals surface area contributed by atoms with Crippen molar-refractivity contribution in [3.8, 4) is 0 Å². The summed E-state index contributed by atoms with van der Waals surface area (Å²) in [6.45, 7) is 5.12. The van der Waals surface area contributed by atoms with E-state index < -0.39 is 0 Å². The number of rotatable bonds is 4. The van der Waals surface area contributed by atoms with Crippen LogP contribution in [-0.4, -0.2) is 27.5 Å². The topological polar surface area (TPSA) is 63.8 Å². The lowest BCUT2D eigenvalue weighted by Gasteiger charge is -2.12. The molecule has 0 aromatic carbocycles. The van der Waals surface area contributed by atoms with E-state index in [1.54, 1.807) is 0 Å². The highest BCUT2D eigenvalue weighted by molar-refractivity contribution is 8.00. The fraction of sp³-hybridized carbons (Fsp3) is 0.667. The summed E-state index contributed by atoms with van der Waals surface area (Å²) in [7, 11) is 0. The summed E-state index contributed by atoms with van der Waals surface area (Å²) in [5.41, 5.74) is 5.78. The van der Waals surface area contributed by atoms with Crippen LogP contribution in [0, 0.1) is 0 Å². The molecule has 0 spiro atoms. The number of nitrogens with zero attached hydrogens (tertiary/aromatic N) is 2. The molecule has 0 saturated carbocycles. The fourth-order valence-corrected chi connectivity index (χ4v) is 3.06. The Hall–Kier alpha value is -0.970. The standard InChI is InChI=1S/C12H20N4S/c1-8(2)12-15-10(13)6-11(16-12)14-7-9-4-3-5-17-9/h6,8-9H,3-5,7H2,1-2H3,(H3,13,14,15,16). The summed E-state index contributed by atoms with van der Waals surface area (Å²) in [5.74, 6) is 3.81. The highest BCUT2D eigenvalue weighted by atomic mass is 32.2. The number of thioether (sulfide) groups is 1. The van der Waals surface area contributed by atoms with E-state index in [9.17, 15) is 0 Å². The van der Waals surface area contributed by atoms with Gasteiger partial charge in [0.1, 0.15) is 17.5 Å². The van der Waals surface area contributed by atoms with Gasteiger partial charge < -0.3 is 11.1 Å². The van der Waals surface area contributed by atoms with E-state index in [-0.39, 0.29) is 0 Å². The zero-order valence-electron chi connectivity index (χ0n) is 10.4. The van der Waals surface area contributed by atoms with Crippen molar-refractivity contribution in [3.63, 3.8) is 0 Å². The SMILES string of the molecule is CC(C)c1nc(N)cc(NCC2CCCS2)n1. The van der Waals surface area contributed by atoms with Crippen molar-refractivity contribution in [2.45, 2.75) is 37.9 Å². The van der Waals surface area contributed by atoms with Crippen molar-refractivity contribution in [2.75, 3.05) is 23.3 Å². The van der Waals surface area contributed by atoms with Crippen molar-refractivity contribution < 1.29 is 0 Å². The third kappa shape index (κ3) is 3.49. The summed E-state index contributed by atoms with van der Waals surface area (Å²) in [5, 5.41) is 4.09. The first-order valence-corrected chi connectivity index (χ1v) is 7.20. The second-order valence-corrected chi connectivity index (χ2v) is 6.12. The van der Waals surface area contributed by atoms with Gasteiger partial charge >= 0.3 is 0 Å². The lowest BCUT2D eigenvalue weighted by atomic mass is 10.2. The minimum absolute atomic E-state index is 0.305. The molecule has 94 valence electrons. The van der Waals surface area contributed by atoms with E-state index in [0.29, 0.717) is 17.0 Å². The van der Waals surface area contributed by atoms with Crippen LogP contribution in [0.5, 0.6) is 0 Å². The second-order valence-electron chi connectivity index (χ2n) is 4.71. The number of hydrogen-bond acceptors (Lipinski definition) is 5. The van der Waals surface area contributed by atoms with Crippen LogP contribution in [0.4, 0.5) is 11.6 Å². The van der Waals surface area contributed by atoms with Crippen LogP contribution < -0.4 is 11.1 Å². The first kappa shape index (κ1) is 12.5. The largest absolute Gasteiger partial charge is 0.384 e. The van der Waals surface area contributed by atoms with Crippen molar-refractivity contribution in [3.05, 3.63) is 11.9 Å². The minimum atomic E-state index is 0.305. The maximum atomic E-state index is 5.78. The van der Waals surface area contributed by atoms with Gasteiger partial charge in [0.05, 0.1) is 0 Å². The van der Waals surface area contributed by atoms with Gasteiger partial charge in [-0.3, -0.25) is 0 Å². The minimum Gasteiger partial charge on any atom is -0.384 e. The van der Waals surface area contributed by atoms with Gasteiger partial charge in [0.25, 0.3) is 0 Å². The first-order valence-electron chi connectivity index (χ1n) is 6.15. The van der Waals surface area contributed by atoms with Crippen molar-refractivity contribution in [1.29, 1.82) is 0 Å². The third-order valence-corrected chi connectivity index (χ3v) is 4.21. The van der Waals surface area contributed by atoms with Gasteiger partial charge in [-0.15, -0.1) is 0 Å². The maximum absolute atomic E-state index is 5.78. The molecule has 1 fully saturated rings. The Bertz CT molecular complexity index is 375. The molecule has 1 aromatic rings. The third-order valence-electron chi connectivity index (χ3n) is 2.81. The normalized spacial score (nSPS) is 19.8. The molecule has 0 radical (unpaired) electrons. The van der Waals surface area contributed by atoms with Gasteiger partial charge in [0, 0.05) is 23.8 Å². The molecular formula is C12H20N4S. The van der Waals surface area contributed by atoms with E-state index in [1.807, 2.05) is 17.8 Å². The van der Waals surface area contributed by atoms with Crippen LogP contribution in [0.15, 0.2) is 6.07 Å². The number of aromatic nitrogens is 2. The predicted molar refractivity (Wildman–Crippen MR) is 74.5 cm³/mol. The average molecular weight is 252 g/mol. The summed E-state index contributed by atoms with van der Waals surface area (Å²) in [6, 6.07) is 1.81. The zero-order valence-corrected chi connectivity index (χ0v) is 11.3. The van der Waals surface area contributed by atoms with Gasteiger partial charge in [0.15, 0.2) is 0 Å². The van der Waals surface area contributed by atoms with Crippen LogP contribution >= 0.6 is 11.8 Å². The van der Waals surface area contributed by atoms with Gasteiger partial charge in [-0.1, -0.05) is 13.8 Å². The lowest BCUT2D eigenvalue weighted by molar-refractivity contribution is 0.771. The number of anilines is 2. The van der Waals surface area contributed by atoms with Crippen LogP contribution in [0.25, 0.3) is 0 Å². The Balaban J connectivity index is 1.99. The average Bonchev–Trinajstić information content (AvgIpc) is 2.78. The van der Waals surface area contributed by atoms with E-state index in [4.69, 9.17) is 5.73 Å². The molecule has 1 aliphatic heterocycles. The van der Waals surface area contributed by atoms with Gasteiger partial charge in [-0.05, 0) is 18.6 Å². The zero-order chi connectivity index (χ0) is 12.3. The Kier molecular flexibility index (Phi) is 4.10. The molecular weight excluding hydrogens is 232 g/mol. The van der Waals surface area contributed by atoms with Gasteiger partial charge in [0.2, 0.25) is 0 Å². The molecule has 1 atom stereocenters. The van der Waals surface area contributed by atoms with Crippen LogP contribution in [0.3, 0.4) is 0 Å². The first-order chi connectivity index (χ1) is 8.15. The smallest absolute Gasteiger partial charge is 0.135 e. The Morgan fingerprint density at radius 1 is 1.53 bits per heavy atom. The van der Waals surface area contributed by atoms with Crippen molar-refractivity contribution in [2.24, 2.45) is 0 Å². The highest BCUT2D eigenvalue weighted by Gasteiger charge is 2.15. The number of nitrogens with two attached hydrogens (primary N) is 1. The molecule has 4 nitrogen and oxygen atoms in total. The number of nitrogens with one attached hydrogen (secondary N) is 1. The quantitative estimate of drug-likeness (QED) is 0.862. The summed E-state index contributed by atoms with van der Waals surface area (Å²) in [6.07, 6.45) is 2.63. The fourth-order valence-electron chi connectivity index (χ4n) is 1.86. The molecule has 3 N–H and O–H groups in total. The molecule has 0 aliphatic carbocycles. The van der Waals surface area contributed by atoms with Crippen LogP contribution in [0.1, 0.15) is 38.4 Å². The summed E-state index contributed by atoms with van der Waals surface area (Å²) >= 11 is 2.04.